The molecule has 0 bridgehead atoms. The molecule has 1 aliphatic heterocycles. The topological polar surface area (TPSA) is 85.9 Å². The number of hydrogen-bond donors (Lipinski definition) is 3. The molecule has 0 fully saturated rings. The number of benzene rings is 2. The zero-order valence-corrected chi connectivity index (χ0v) is 17.9. The Morgan fingerprint density at radius 3 is 2.84 bits per heavy atom. The Balaban J connectivity index is 1.27. The van der Waals surface area contributed by atoms with Crippen molar-refractivity contribution in [3.8, 4) is 11.3 Å². The van der Waals surface area contributed by atoms with Gasteiger partial charge in [0.15, 0.2) is 0 Å². The summed E-state index contributed by atoms with van der Waals surface area (Å²) < 4.78 is 0. The van der Waals surface area contributed by atoms with Crippen LogP contribution in [0.3, 0.4) is 0 Å². The first kappa shape index (κ1) is 19.3. The van der Waals surface area contributed by atoms with Crippen LogP contribution in [-0.4, -0.2) is 27.5 Å². The molecule has 8 heteroatoms. The van der Waals surface area contributed by atoms with Crippen molar-refractivity contribution in [3.05, 3.63) is 76.6 Å². The molecule has 0 aliphatic carbocycles. The zero-order chi connectivity index (χ0) is 21.2. The smallest absolute Gasteiger partial charge is 0.323 e. The van der Waals surface area contributed by atoms with Gasteiger partial charge in [-0.05, 0) is 43.2 Å². The number of H-pyrrole nitrogens is 1. The molecule has 1 aliphatic rings. The number of aromatic amines is 1. The summed E-state index contributed by atoms with van der Waals surface area (Å²) in [6.45, 7) is 3.67. The number of hydrogen-bond acceptors (Lipinski definition) is 5. The van der Waals surface area contributed by atoms with Gasteiger partial charge in [-0.15, -0.1) is 11.3 Å². The fraction of sp³-hybridized carbons (Fsp3) is 0.174. The lowest BCUT2D eigenvalue weighted by Gasteiger charge is -2.19. The van der Waals surface area contributed by atoms with Gasteiger partial charge in [-0.3, -0.25) is 0 Å². The number of thiazole rings is 1. The molecule has 31 heavy (non-hydrogen) atoms. The van der Waals surface area contributed by atoms with Crippen LogP contribution in [-0.2, 0) is 13.0 Å². The summed E-state index contributed by atoms with van der Waals surface area (Å²) in [6.07, 6.45) is 4.60. The van der Waals surface area contributed by atoms with E-state index in [1.165, 1.54) is 5.56 Å². The van der Waals surface area contributed by atoms with Crippen LogP contribution in [0.4, 0.5) is 21.9 Å². The minimum absolute atomic E-state index is 0.275. The Morgan fingerprint density at radius 1 is 1.19 bits per heavy atom. The Bertz CT molecular complexity index is 1220. The van der Waals surface area contributed by atoms with Crippen molar-refractivity contribution in [2.24, 2.45) is 0 Å². The highest BCUT2D eigenvalue weighted by Gasteiger charge is 2.20. The lowest BCUT2D eigenvalue weighted by molar-refractivity contribution is 0.262. The summed E-state index contributed by atoms with van der Waals surface area (Å²) in [4.78, 5) is 26.7. The molecule has 5 rings (SSSR count). The third-order valence-corrected chi connectivity index (χ3v) is 6.05. The zero-order valence-electron chi connectivity index (χ0n) is 17.1. The fourth-order valence-electron chi connectivity index (χ4n) is 3.81. The predicted octanol–water partition coefficient (Wildman–Crippen LogP) is 5.05. The molecule has 156 valence electrons. The van der Waals surface area contributed by atoms with Crippen molar-refractivity contribution in [2.45, 2.75) is 19.9 Å². The molecule has 2 aromatic carbocycles. The number of aryl methyl sites for hydroxylation is 1. The van der Waals surface area contributed by atoms with Gasteiger partial charge in [0.05, 0.1) is 29.3 Å². The minimum Gasteiger partial charge on any atom is -0.365 e. The van der Waals surface area contributed by atoms with Gasteiger partial charge in [0.25, 0.3) is 0 Å². The number of anilines is 3. The van der Waals surface area contributed by atoms with E-state index < -0.39 is 0 Å². The second-order valence-corrected chi connectivity index (χ2v) is 8.55. The number of aromatic nitrogens is 3. The molecule has 7 nitrogen and oxygen atoms in total. The van der Waals surface area contributed by atoms with Crippen molar-refractivity contribution < 1.29 is 4.79 Å². The average molecular weight is 431 g/mol. The molecule has 0 atom stereocenters. The second kappa shape index (κ2) is 8.23. The molecule has 0 saturated carbocycles. The van der Waals surface area contributed by atoms with E-state index in [4.69, 9.17) is 0 Å². The monoisotopic (exact) mass is 430 g/mol. The van der Waals surface area contributed by atoms with Crippen LogP contribution in [0.1, 0.15) is 16.3 Å². The third-order valence-electron chi connectivity index (χ3n) is 5.28. The van der Waals surface area contributed by atoms with Gasteiger partial charge < -0.3 is 20.5 Å². The standard InChI is InChI=1S/C23H22N6OS/c1-15-26-21(13-31-15)17-3-2-4-18(9-17)27-23(30)28-19-6-5-16-7-8-29(22(16)10-19)12-20-11-24-14-25-20/h2-6,9-11,13-14H,7-8,12H2,1H3,(H,24,25)(H2,27,28,30). The lowest BCUT2D eigenvalue weighted by atomic mass is 10.1. The van der Waals surface area contributed by atoms with Gasteiger partial charge in [-0.2, -0.15) is 0 Å². The second-order valence-electron chi connectivity index (χ2n) is 7.49. The van der Waals surface area contributed by atoms with Gasteiger partial charge in [-0.1, -0.05) is 18.2 Å². The quantitative estimate of drug-likeness (QED) is 0.414. The van der Waals surface area contributed by atoms with Gasteiger partial charge in [-0.25, -0.2) is 14.8 Å². The van der Waals surface area contributed by atoms with E-state index in [9.17, 15) is 4.79 Å². The summed E-state index contributed by atoms with van der Waals surface area (Å²) in [5.74, 6) is 0. The van der Waals surface area contributed by atoms with Crippen molar-refractivity contribution in [3.63, 3.8) is 0 Å². The average Bonchev–Trinajstić information content (AvgIpc) is 3.51. The van der Waals surface area contributed by atoms with Crippen molar-refractivity contribution in [1.29, 1.82) is 0 Å². The largest absolute Gasteiger partial charge is 0.365 e. The van der Waals surface area contributed by atoms with Crippen molar-refractivity contribution >= 4 is 34.4 Å². The molecule has 4 aromatic rings. The van der Waals surface area contributed by atoms with E-state index in [0.29, 0.717) is 0 Å². The van der Waals surface area contributed by atoms with E-state index in [2.05, 4.69) is 36.6 Å². The first-order valence-electron chi connectivity index (χ1n) is 10.1. The van der Waals surface area contributed by atoms with Crippen LogP contribution >= 0.6 is 11.3 Å². The Hall–Kier alpha value is -3.65. The van der Waals surface area contributed by atoms with Crippen LogP contribution in [0.2, 0.25) is 0 Å². The highest BCUT2D eigenvalue weighted by Crippen LogP contribution is 2.32. The summed E-state index contributed by atoms with van der Waals surface area (Å²) in [5, 5.41) is 8.91. The molecular formula is C23H22N6OS. The summed E-state index contributed by atoms with van der Waals surface area (Å²) in [7, 11) is 0. The molecule has 0 spiro atoms. The summed E-state index contributed by atoms with van der Waals surface area (Å²) in [6, 6.07) is 13.5. The summed E-state index contributed by atoms with van der Waals surface area (Å²) >= 11 is 1.61. The fourth-order valence-corrected chi connectivity index (χ4v) is 4.43. The maximum absolute atomic E-state index is 12.6. The van der Waals surface area contributed by atoms with Crippen LogP contribution in [0.15, 0.2) is 60.4 Å². The van der Waals surface area contributed by atoms with Gasteiger partial charge in [0.2, 0.25) is 0 Å². The Kier molecular flexibility index (Phi) is 5.13. The number of nitrogens with one attached hydrogen (secondary N) is 3. The number of imidazole rings is 1. The molecule has 0 unspecified atom stereocenters. The number of carbonyl (C=O) groups is 1. The molecule has 0 radical (unpaired) electrons. The number of urea groups is 1. The number of amides is 2. The number of fused-ring (bicyclic) bond motifs is 1. The SMILES string of the molecule is Cc1nc(-c2cccc(NC(=O)Nc3ccc4c(c3)N(Cc3c[nH]cn3)CC4)c2)cs1. The highest BCUT2D eigenvalue weighted by molar-refractivity contribution is 7.09. The lowest BCUT2D eigenvalue weighted by Crippen LogP contribution is -2.21. The van der Waals surface area contributed by atoms with E-state index >= 15 is 0 Å². The van der Waals surface area contributed by atoms with Crippen LogP contribution < -0.4 is 15.5 Å². The normalized spacial score (nSPS) is 12.6. The molecule has 2 aromatic heterocycles. The van der Waals surface area contributed by atoms with Gasteiger partial charge in [0, 0.05) is 40.7 Å². The van der Waals surface area contributed by atoms with E-state index in [1.54, 1.807) is 17.7 Å². The molecular weight excluding hydrogens is 408 g/mol. The summed E-state index contributed by atoms with van der Waals surface area (Å²) in [5.41, 5.74) is 6.81. The maximum atomic E-state index is 12.6. The minimum atomic E-state index is -0.275. The van der Waals surface area contributed by atoms with E-state index in [0.717, 1.165) is 58.5 Å². The first-order chi connectivity index (χ1) is 15.1. The van der Waals surface area contributed by atoms with Crippen molar-refractivity contribution in [2.75, 3.05) is 22.1 Å². The number of carbonyl (C=O) groups excluding carboxylic acids is 1. The van der Waals surface area contributed by atoms with Gasteiger partial charge >= 0.3 is 6.03 Å². The third kappa shape index (κ3) is 4.29. The number of rotatable bonds is 5. The highest BCUT2D eigenvalue weighted by atomic mass is 32.1. The molecule has 0 saturated heterocycles. The Morgan fingerprint density at radius 2 is 2.06 bits per heavy atom. The van der Waals surface area contributed by atoms with Gasteiger partial charge in [0.1, 0.15) is 0 Å². The molecule has 3 N–H and O–H groups in total. The van der Waals surface area contributed by atoms with Crippen LogP contribution in [0.5, 0.6) is 0 Å². The van der Waals surface area contributed by atoms with E-state index in [1.807, 2.05) is 54.9 Å². The predicted molar refractivity (Wildman–Crippen MR) is 125 cm³/mol. The van der Waals surface area contributed by atoms with Crippen molar-refractivity contribution in [1.82, 2.24) is 15.0 Å². The van der Waals surface area contributed by atoms with E-state index in [-0.39, 0.29) is 6.03 Å². The Labute approximate surface area is 184 Å². The van der Waals surface area contributed by atoms with Crippen LogP contribution in [0.25, 0.3) is 11.3 Å². The first-order valence-corrected chi connectivity index (χ1v) is 11.0. The maximum Gasteiger partial charge on any atom is 0.323 e. The number of nitrogens with zero attached hydrogens (tertiary/aromatic N) is 3. The van der Waals surface area contributed by atoms with Crippen LogP contribution in [0, 0.1) is 6.92 Å². The molecule has 3 heterocycles. The molecule has 2 amide bonds.